The molecule has 1 aliphatic heterocycles. The minimum atomic E-state index is 0.0350. The molecule has 4 heteroatoms. The monoisotopic (exact) mass is 306 g/mol. The second-order valence-corrected chi connectivity index (χ2v) is 7.30. The van der Waals surface area contributed by atoms with Crippen molar-refractivity contribution >= 4 is 17.7 Å². The second-order valence-electron chi connectivity index (χ2n) is 6.03. The van der Waals surface area contributed by atoms with Crippen molar-refractivity contribution < 1.29 is 4.79 Å². The summed E-state index contributed by atoms with van der Waals surface area (Å²) in [5.41, 5.74) is 2.52. The second kappa shape index (κ2) is 7.32. The molecule has 2 rings (SSSR count). The van der Waals surface area contributed by atoms with Crippen LogP contribution in [-0.4, -0.2) is 35.4 Å². The van der Waals surface area contributed by atoms with E-state index in [1.165, 1.54) is 11.1 Å². The molecule has 1 amide bonds. The molecule has 1 fully saturated rings. The molecule has 0 saturated carbocycles. The van der Waals surface area contributed by atoms with Crippen LogP contribution >= 0.6 is 11.8 Å². The number of amides is 1. The number of carbonyl (C=O) groups is 1. The Morgan fingerprint density at radius 3 is 2.52 bits per heavy atom. The molecule has 1 aromatic rings. The van der Waals surface area contributed by atoms with E-state index in [1.54, 1.807) is 0 Å². The maximum Gasteiger partial charge on any atom is 0.238 e. The summed E-state index contributed by atoms with van der Waals surface area (Å²) >= 11 is 1.85. The standard InChI is InChI=1S/C17H26N2OS/c1-12(2)14-5-7-15(8-6-14)17-18-11-16(20)19(17)10-9-13(3)21-4/h5-8,12-13,17-18H,9-11H2,1-4H3. The molecule has 1 heterocycles. The quantitative estimate of drug-likeness (QED) is 0.874. The van der Waals surface area contributed by atoms with Gasteiger partial charge in [-0.3, -0.25) is 10.1 Å². The molecule has 1 aromatic carbocycles. The first-order chi connectivity index (χ1) is 10.0. The first kappa shape index (κ1) is 16.4. The summed E-state index contributed by atoms with van der Waals surface area (Å²) in [5.74, 6) is 0.747. The van der Waals surface area contributed by atoms with Gasteiger partial charge in [-0.1, -0.05) is 45.0 Å². The zero-order valence-electron chi connectivity index (χ0n) is 13.4. The van der Waals surface area contributed by atoms with E-state index >= 15 is 0 Å². The smallest absolute Gasteiger partial charge is 0.238 e. The van der Waals surface area contributed by atoms with Gasteiger partial charge in [-0.15, -0.1) is 0 Å². The van der Waals surface area contributed by atoms with Crippen molar-refractivity contribution in [3.05, 3.63) is 35.4 Å². The Balaban J connectivity index is 2.07. The molecule has 1 N–H and O–H groups in total. The predicted molar refractivity (Wildman–Crippen MR) is 90.6 cm³/mol. The SMILES string of the molecule is CSC(C)CCN1C(=O)CNC1c1ccc(C(C)C)cc1. The number of nitrogens with zero attached hydrogens (tertiary/aromatic N) is 1. The van der Waals surface area contributed by atoms with Gasteiger partial charge in [0.2, 0.25) is 5.91 Å². The van der Waals surface area contributed by atoms with E-state index in [2.05, 4.69) is 56.6 Å². The summed E-state index contributed by atoms with van der Waals surface area (Å²) in [7, 11) is 0. The Hall–Kier alpha value is -1.00. The molecule has 0 aliphatic carbocycles. The highest BCUT2D eigenvalue weighted by molar-refractivity contribution is 7.99. The molecule has 0 radical (unpaired) electrons. The van der Waals surface area contributed by atoms with Crippen LogP contribution in [0, 0.1) is 0 Å². The van der Waals surface area contributed by atoms with Crippen molar-refractivity contribution in [2.24, 2.45) is 0 Å². The highest BCUT2D eigenvalue weighted by Gasteiger charge is 2.31. The van der Waals surface area contributed by atoms with Gasteiger partial charge in [0, 0.05) is 11.8 Å². The minimum absolute atomic E-state index is 0.0350. The van der Waals surface area contributed by atoms with Crippen molar-refractivity contribution in [3.8, 4) is 0 Å². The Morgan fingerprint density at radius 2 is 1.95 bits per heavy atom. The predicted octanol–water partition coefficient (Wildman–Crippen LogP) is 3.38. The van der Waals surface area contributed by atoms with Crippen LogP contribution in [0.2, 0.25) is 0 Å². The van der Waals surface area contributed by atoms with Gasteiger partial charge in [0.15, 0.2) is 0 Å². The minimum Gasteiger partial charge on any atom is -0.322 e. The zero-order valence-corrected chi connectivity index (χ0v) is 14.2. The largest absolute Gasteiger partial charge is 0.322 e. The Bertz CT molecular complexity index is 472. The van der Waals surface area contributed by atoms with E-state index in [1.807, 2.05) is 16.7 Å². The average molecular weight is 306 g/mol. The third-order valence-corrected chi connectivity index (χ3v) is 5.22. The molecular formula is C17H26N2OS. The van der Waals surface area contributed by atoms with E-state index in [9.17, 15) is 4.79 Å². The summed E-state index contributed by atoms with van der Waals surface area (Å²) < 4.78 is 0. The van der Waals surface area contributed by atoms with Crippen molar-refractivity contribution in [2.75, 3.05) is 19.3 Å². The molecule has 2 atom stereocenters. The maximum absolute atomic E-state index is 12.1. The highest BCUT2D eigenvalue weighted by Crippen LogP contribution is 2.25. The van der Waals surface area contributed by atoms with Crippen LogP contribution in [0.3, 0.4) is 0 Å². The number of nitrogens with one attached hydrogen (secondary N) is 1. The number of benzene rings is 1. The van der Waals surface area contributed by atoms with E-state index in [0.29, 0.717) is 17.7 Å². The van der Waals surface area contributed by atoms with Crippen LogP contribution in [0.4, 0.5) is 0 Å². The van der Waals surface area contributed by atoms with Gasteiger partial charge in [-0.05, 0) is 29.7 Å². The molecule has 1 saturated heterocycles. The first-order valence-electron chi connectivity index (χ1n) is 7.68. The Labute approximate surface area is 132 Å². The lowest BCUT2D eigenvalue weighted by Gasteiger charge is -2.26. The van der Waals surface area contributed by atoms with Crippen LogP contribution in [0.1, 0.15) is 50.4 Å². The van der Waals surface area contributed by atoms with E-state index in [-0.39, 0.29) is 12.1 Å². The van der Waals surface area contributed by atoms with Gasteiger partial charge in [0.25, 0.3) is 0 Å². The maximum atomic E-state index is 12.1. The van der Waals surface area contributed by atoms with Gasteiger partial charge in [-0.2, -0.15) is 11.8 Å². The lowest BCUT2D eigenvalue weighted by Crippen LogP contribution is -2.32. The molecule has 2 unspecified atom stereocenters. The zero-order chi connectivity index (χ0) is 15.4. The Morgan fingerprint density at radius 1 is 1.29 bits per heavy atom. The van der Waals surface area contributed by atoms with Gasteiger partial charge < -0.3 is 4.90 Å². The van der Waals surface area contributed by atoms with Gasteiger partial charge in [-0.25, -0.2) is 0 Å². The molecule has 3 nitrogen and oxygen atoms in total. The average Bonchev–Trinajstić information content (AvgIpc) is 2.85. The van der Waals surface area contributed by atoms with Crippen LogP contribution in [-0.2, 0) is 4.79 Å². The topological polar surface area (TPSA) is 32.3 Å². The number of rotatable bonds is 6. The third kappa shape index (κ3) is 4.01. The molecule has 0 bridgehead atoms. The van der Waals surface area contributed by atoms with Gasteiger partial charge in [0.05, 0.1) is 6.54 Å². The number of thioether (sulfide) groups is 1. The lowest BCUT2D eigenvalue weighted by molar-refractivity contribution is -0.128. The third-order valence-electron chi connectivity index (χ3n) is 4.18. The van der Waals surface area contributed by atoms with Crippen molar-refractivity contribution in [3.63, 3.8) is 0 Å². The summed E-state index contributed by atoms with van der Waals surface area (Å²) in [6.07, 6.45) is 3.19. The number of hydrogen-bond acceptors (Lipinski definition) is 3. The molecule has 1 aliphatic rings. The fourth-order valence-corrected chi connectivity index (χ4v) is 2.93. The fraction of sp³-hybridized carbons (Fsp3) is 0.588. The molecular weight excluding hydrogens is 280 g/mol. The molecule has 0 spiro atoms. The van der Waals surface area contributed by atoms with E-state index in [4.69, 9.17) is 0 Å². The summed E-state index contributed by atoms with van der Waals surface area (Å²) in [4.78, 5) is 14.1. The molecule has 116 valence electrons. The molecule has 21 heavy (non-hydrogen) atoms. The lowest BCUT2D eigenvalue weighted by atomic mass is 10.0. The van der Waals surface area contributed by atoms with Gasteiger partial charge >= 0.3 is 0 Å². The summed E-state index contributed by atoms with van der Waals surface area (Å²) in [6.45, 7) is 7.88. The normalized spacial score (nSPS) is 20.3. The number of carbonyl (C=O) groups excluding carboxylic acids is 1. The van der Waals surface area contributed by atoms with Crippen molar-refractivity contribution in [1.82, 2.24) is 10.2 Å². The van der Waals surface area contributed by atoms with Crippen molar-refractivity contribution in [2.45, 2.75) is 44.5 Å². The van der Waals surface area contributed by atoms with Crippen LogP contribution in [0.15, 0.2) is 24.3 Å². The first-order valence-corrected chi connectivity index (χ1v) is 8.97. The van der Waals surface area contributed by atoms with Crippen LogP contribution in [0.5, 0.6) is 0 Å². The molecule has 0 aromatic heterocycles. The summed E-state index contributed by atoms with van der Waals surface area (Å²) in [6, 6.07) is 8.65. The Kier molecular flexibility index (Phi) is 5.71. The highest BCUT2D eigenvalue weighted by atomic mass is 32.2. The van der Waals surface area contributed by atoms with Crippen LogP contribution in [0.25, 0.3) is 0 Å². The van der Waals surface area contributed by atoms with Crippen molar-refractivity contribution in [1.29, 1.82) is 0 Å². The number of hydrogen-bond donors (Lipinski definition) is 1. The van der Waals surface area contributed by atoms with E-state index in [0.717, 1.165) is 13.0 Å². The van der Waals surface area contributed by atoms with Gasteiger partial charge in [0.1, 0.15) is 6.17 Å². The van der Waals surface area contributed by atoms with Crippen LogP contribution < -0.4 is 5.32 Å². The fourth-order valence-electron chi connectivity index (χ4n) is 2.59. The van der Waals surface area contributed by atoms with E-state index < -0.39 is 0 Å². The summed E-state index contributed by atoms with van der Waals surface area (Å²) in [5, 5.41) is 3.92.